The second kappa shape index (κ2) is 9.37. The number of piperidine rings is 1. The van der Waals surface area contributed by atoms with Gasteiger partial charge in [0.05, 0.1) is 18.1 Å². The molecule has 1 saturated heterocycles. The molecule has 1 aromatic heterocycles. The van der Waals surface area contributed by atoms with Gasteiger partial charge in [0.15, 0.2) is 6.10 Å². The van der Waals surface area contributed by atoms with Gasteiger partial charge in [-0.2, -0.15) is 17.5 Å². The van der Waals surface area contributed by atoms with Crippen LogP contribution in [0.5, 0.6) is 5.75 Å². The first kappa shape index (κ1) is 24.8. The lowest BCUT2D eigenvalue weighted by Crippen LogP contribution is -2.44. The van der Waals surface area contributed by atoms with Crippen molar-refractivity contribution in [1.82, 2.24) is 14.2 Å². The minimum atomic E-state index is -4.58. The van der Waals surface area contributed by atoms with Crippen LogP contribution in [-0.2, 0) is 21.2 Å². The van der Waals surface area contributed by atoms with Crippen LogP contribution in [0.1, 0.15) is 37.4 Å². The zero-order valence-electron chi connectivity index (χ0n) is 19.0. The Morgan fingerprint density at radius 2 is 1.97 bits per heavy atom. The van der Waals surface area contributed by atoms with Gasteiger partial charge in [-0.15, -0.1) is 0 Å². The number of sulfonamides is 1. The third-order valence-corrected chi connectivity index (χ3v) is 7.95. The number of halogens is 3. The maximum absolute atomic E-state index is 12.6. The molecule has 0 aliphatic carbocycles. The smallest absolute Gasteiger partial charge is 0.425 e. The summed E-state index contributed by atoms with van der Waals surface area (Å²) in [5, 5.41) is 0. The fourth-order valence-electron chi connectivity index (χ4n) is 4.54. The summed E-state index contributed by atoms with van der Waals surface area (Å²) >= 11 is 0. The third-order valence-electron chi connectivity index (χ3n) is 6.68. The van der Waals surface area contributed by atoms with E-state index >= 15 is 0 Å². The summed E-state index contributed by atoms with van der Waals surface area (Å²) in [6.07, 6.45) is -0.455. The van der Waals surface area contributed by atoms with Crippen molar-refractivity contribution in [2.45, 2.75) is 51.0 Å². The zero-order chi connectivity index (χ0) is 24.7. The fraction of sp³-hybridized carbons (Fsp3) is 0.636. The van der Waals surface area contributed by atoms with E-state index in [0.29, 0.717) is 57.6 Å². The Balaban J connectivity index is 1.32. The van der Waals surface area contributed by atoms with Gasteiger partial charge in [0.2, 0.25) is 10.0 Å². The highest BCUT2D eigenvalue weighted by Gasteiger charge is 2.41. The van der Waals surface area contributed by atoms with Crippen molar-refractivity contribution in [3.63, 3.8) is 0 Å². The van der Waals surface area contributed by atoms with E-state index in [1.807, 2.05) is 12.1 Å². The predicted octanol–water partition coefficient (Wildman–Crippen LogP) is 3.23. The van der Waals surface area contributed by atoms with Crippen molar-refractivity contribution < 1.29 is 35.9 Å². The molecule has 2 atom stereocenters. The standard InChI is InChI=1S/C22H28F3N3O5S/c1-14(22(23,24)25)32-21(29)27-7-3-16(4-8-27)19-12-17-11-18(26-13-20(17)33-19)15-5-9-28(10-6-15)34(2,30)31/h5,11,13-14,16,19H,3-4,6-10,12H2,1-2H3/t14?,19-/m1/s1. The summed E-state index contributed by atoms with van der Waals surface area (Å²) in [6, 6.07) is 1.99. The number of carbonyl (C=O) groups is 1. The van der Waals surface area contributed by atoms with Crippen LogP contribution >= 0.6 is 0 Å². The first-order valence-corrected chi connectivity index (χ1v) is 13.1. The number of hydrogen-bond acceptors (Lipinski definition) is 6. The zero-order valence-corrected chi connectivity index (χ0v) is 19.9. The molecule has 0 N–H and O–H groups in total. The van der Waals surface area contributed by atoms with Crippen LogP contribution in [0.25, 0.3) is 5.57 Å². The van der Waals surface area contributed by atoms with E-state index in [1.165, 1.54) is 15.5 Å². The Kier molecular flexibility index (Phi) is 6.83. The molecule has 12 heteroatoms. The average molecular weight is 504 g/mol. The molecule has 3 aliphatic rings. The number of pyridine rings is 1. The molecule has 34 heavy (non-hydrogen) atoms. The van der Waals surface area contributed by atoms with Crippen molar-refractivity contribution in [1.29, 1.82) is 0 Å². The summed E-state index contributed by atoms with van der Waals surface area (Å²) in [4.78, 5) is 17.9. The van der Waals surface area contributed by atoms with Crippen LogP contribution in [0.15, 0.2) is 18.3 Å². The number of aromatic nitrogens is 1. The van der Waals surface area contributed by atoms with E-state index in [9.17, 15) is 26.4 Å². The Morgan fingerprint density at radius 1 is 1.26 bits per heavy atom. The minimum absolute atomic E-state index is 0.0830. The van der Waals surface area contributed by atoms with Crippen molar-refractivity contribution in [2.75, 3.05) is 32.4 Å². The van der Waals surface area contributed by atoms with Gasteiger partial charge >= 0.3 is 12.3 Å². The predicted molar refractivity (Wildman–Crippen MR) is 118 cm³/mol. The molecule has 0 saturated carbocycles. The van der Waals surface area contributed by atoms with Crippen molar-refractivity contribution >= 4 is 21.7 Å². The molecule has 0 bridgehead atoms. The number of carbonyl (C=O) groups excluding carboxylic acids is 1. The fourth-order valence-corrected chi connectivity index (χ4v) is 5.31. The summed E-state index contributed by atoms with van der Waals surface area (Å²) in [7, 11) is -3.22. The molecule has 1 amide bonds. The maximum Gasteiger partial charge on any atom is 0.425 e. The number of ether oxygens (including phenoxy) is 2. The molecule has 4 heterocycles. The maximum atomic E-state index is 12.6. The molecule has 1 unspecified atom stereocenters. The third kappa shape index (κ3) is 5.48. The molecular formula is C22H28F3N3O5S. The van der Waals surface area contributed by atoms with E-state index in [0.717, 1.165) is 23.8 Å². The highest BCUT2D eigenvalue weighted by molar-refractivity contribution is 7.88. The van der Waals surface area contributed by atoms with Gasteiger partial charge in [0.25, 0.3) is 0 Å². The number of alkyl halides is 3. The summed E-state index contributed by atoms with van der Waals surface area (Å²) in [6.45, 7) is 2.21. The summed E-state index contributed by atoms with van der Waals surface area (Å²) in [5.41, 5.74) is 2.85. The van der Waals surface area contributed by atoms with Gasteiger partial charge in [-0.1, -0.05) is 6.08 Å². The van der Waals surface area contributed by atoms with Crippen molar-refractivity contribution in [3.8, 4) is 5.75 Å². The minimum Gasteiger partial charge on any atom is -0.488 e. The highest BCUT2D eigenvalue weighted by Crippen LogP contribution is 2.37. The van der Waals surface area contributed by atoms with Gasteiger partial charge in [-0.3, -0.25) is 4.98 Å². The van der Waals surface area contributed by atoms with E-state index in [-0.39, 0.29) is 12.0 Å². The van der Waals surface area contributed by atoms with E-state index in [2.05, 4.69) is 9.72 Å². The van der Waals surface area contributed by atoms with Gasteiger partial charge in [-0.05, 0) is 43.7 Å². The number of fused-ring (bicyclic) bond motifs is 1. The number of nitrogens with zero attached hydrogens (tertiary/aromatic N) is 3. The van der Waals surface area contributed by atoms with Crippen LogP contribution in [0, 0.1) is 5.92 Å². The number of amides is 1. The molecule has 1 fully saturated rings. The lowest BCUT2D eigenvalue weighted by Gasteiger charge is -2.34. The van der Waals surface area contributed by atoms with Crippen LogP contribution in [0.4, 0.5) is 18.0 Å². The Bertz CT molecular complexity index is 1070. The Labute approximate surface area is 196 Å². The second-order valence-corrected chi connectivity index (χ2v) is 11.0. The number of likely N-dealkylation sites (tertiary alicyclic amines) is 1. The monoisotopic (exact) mass is 503 g/mol. The van der Waals surface area contributed by atoms with Gasteiger partial charge in [-0.25, -0.2) is 13.2 Å². The number of hydrogen-bond donors (Lipinski definition) is 0. The second-order valence-electron chi connectivity index (χ2n) is 9.03. The molecule has 3 aliphatic heterocycles. The van der Waals surface area contributed by atoms with E-state index in [1.54, 1.807) is 6.20 Å². The average Bonchev–Trinajstić information content (AvgIpc) is 3.21. The summed E-state index contributed by atoms with van der Waals surface area (Å²) in [5.74, 6) is 0.876. The molecule has 0 aromatic carbocycles. The van der Waals surface area contributed by atoms with E-state index in [4.69, 9.17) is 4.74 Å². The van der Waals surface area contributed by atoms with Crippen molar-refractivity contribution in [2.24, 2.45) is 5.92 Å². The lowest BCUT2D eigenvalue weighted by atomic mass is 9.89. The molecule has 8 nitrogen and oxygen atoms in total. The van der Waals surface area contributed by atoms with Crippen LogP contribution < -0.4 is 4.74 Å². The molecule has 188 valence electrons. The normalized spacial score (nSPS) is 23.1. The van der Waals surface area contributed by atoms with Crippen LogP contribution in [0.2, 0.25) is 0 Å². The number of rotatable bonds is 4. The van der Waals surface area contributed by atoms with Crippen LogP contribution in [0.3, 0.4) is 0 Å². The van der Waals surface area contributed by atoms with Gasteiger partial charge < -0.3 is 14.4 Å². The molecule has 0 radical (unpaired) electrons. The SMILES string of the molecule is CC(OC(=O)N1CCC([C@H]2Cc3cc(C4=CCN(S(C)(=O)=O)CC4)ncc3O2)CC1)C(F)(F)F. The van der Waals surface area contributed by atoms with Gasteiger partial charge in [0, 0.05) is 38.2 Å². The first-order chi connectivity index (χ1) is 15.9. The Hall–Kier alpha value is -2.34. The van der Waals surface area contributed by atoms with Crippen molar-refractivity contribution in [3.05, 3.63) is 29.6 Å². The largest absolute Gasteiger partial charge is 0.488 e. The quantitative estimate of drug-likeness (QED) is 0.627. The molecular weight excluding hydrogens is 475 g/mol. The molecule has 0 spiro atoms. The van der Waals surface area contributed by atoms with Gasteiger partial charge in [0.1, 0.15) is 11.9 Å². The molecule has 4 rings (SSSR count). The lowest BCUT2D eigenvalue weighted by molar-refractivity contribution is -0.200. The highest BCUT2D eigenvalue weighted by atomic mass is 32.2. The first-order valence-electron chi connectivity index (χ1n) is 11.2. The Morgan fingerprint density at radius 3 is 2.56 bits per heavy atom. The molecule has 1 aromatic rings. The topological polar surface area (TPSA) is 89.0 Å². The van der Waals surface area contributed by atoms with Crippen LogP contribution in [-0.4, -0.2) is 79.5 Å². The van der Waals surface area contributed by atoms with E-state index < -0.39 is 28.4 Å². The summed E-state index contributed by atoms with van der Waals surface area (Å²) < 4.78 is 73.4.